The SMILES string of the molecule is CC(C)(C)B1OC(C)(C)C(C)(CCC(C)(C)B2OC3CCCCC3O2)O1. The molecular weight excluding hydrogens is 326 g/mol. The third-order valence-electron chi connectivity index (χ3n) is 6.87. The van der Waals surface area contributed by atoms with Crippen LogP contribution >= 0.6 is 0 Å². The molecule has 0 aromatic rings. The van der Waals surface area contributed by atoms with Gasteiger partial charge in [-0.2, -0.15) is 0 Å². The quantitative estimate of drug-likeness (QED) is 0.638. The predicted octanol–water partition coefficient (Wildman–Crippen LogP) is 5.27. The maximum absolute atomic E-state index is 6.48. The van der Waals surface area contributed by atoms with E-state index in [9.17, 15) is 0 Å². The van der Waals surface area contributed by atoms with Crippen molar-refractivity contribution < 1.29 is 18.6 Å². The van der Waals surface area contributed by atoms with Crippen LogP contribution in [-0.2, 0) is 18.6 Å². The Kier molecular flexibility index (Phi) is 5.40. The van der Waals surface area contributed by atoms with Gasteiger partial charge in [-0.25, -0.2) is 0 Å². The molecule has 0 amide bonds. The average molecular weight is 364 g/mol. The largest absolute Gasteiger partial charge is 0.463 e. The Morgan fingerprint density at radius 2 is 1.38 bits per heavy atom. The molecular formula is C20H38B2O4. The van der Waals surface area contributed by atoms with E-state index in [1.165, 1.54) is 12.8 Å². The standard InChI is InChI=1S/C20H38B2O4/c1-17(2,3)21-25-19(6,7)20(8,26-21)14-13-18(4,5)22-23-15-11-9-10-12-16(15)24-22/h15-16H,9-14H2,1-8H3. The van der Waals surface area contributed by atoms with Gasteiger partial charge in [-0.15, -0.1) is 0 Å². The Hall–Kier alpha value is -0.0301. The van der Waals surface area contributed by atoms with Crippen LogP contribution in [0.15, 0.2) is 0 Å². The van der Waals surface area contributed by atoms with Crippen LogP contribution in [0.25, 0.3) is 0 Å². The molecule has 1 aliphatic carbocycles. The maximum atomic E-state index is 6.48. The molecule has 3 unspecified atom stereocenters. The van der Waals surface area contributed by atoms with Crippen molar-refractivity contribution in [1.82, 2.24) is 0 Å². The van der Waals surface area contributed by atoms with Gasteiger partial charge < -0.3 is 18.6 Å². The van der Waals surface area contributed by atoms with Crippen molar-refractivity contribution in [2.75, 3.05) is 0 Å². The Morgan fingerprint density at radius 3 is 1.85 bits per heavy atom. The van der Waals surface area contributed by atoms with Gasteiger partial charge in [0.05, 0.1) is 23.4 Å². The van der Waals surface area contributed by atoms with Crippen LogP contribution in [0.4, 0.5) is 0 Å². The summed E-state index contributed by atoms with van der Waals surface area (Å²) in [6.45, 7) is 17.6. The zero-order chi connectivity index (χ0) is 19.4. The van der Waals surface area contributed by atoms with E-state index in [-0.39, 0.29) is 36.1 Å². The number of hydrogen-bond donors (Lipinski definition) is 0. The highest BCUT2D eigenvalue weighted by Gasteiger charge is 2.58. The molecule has 0 N–H and O–H groups in total. The molecule has 4 nitrogen and oxygen atoms in total. The second-order valence-corrected chi connectivity index (χ2v) is 11.1. The van der Waals surface area contributed by atoms with Crippen LogP contribution < -0.4 is 0 Å². The van der Waals surface area contributed by atoms with Crippen LogP contribution in [0, 0.1) is 0 Å². The van der Waals surface area contributed by atoms with Crippen LogP contribution in [0.2, 0.25) is 10.6 Å². The monoisotopic (exact) mass is 364 g/mol. The van der Waals surface area contributed by atoms with Crippen molar-refractivity contribution in [2.45, 2.75) is 128 Å². The minimum atomic E-state index is -0.313. The highest BCUT2D eigenvalue weighted by molar-refractivity contribution is 6.49. The minimum absolute atomic E-state index is 0.0298. The van der Waals surface area contributed by atoms with Gasteiger partial charge in [0.1, 0.15) is 0 Å². The summed E-state index contributed by atoms with van der Waals surface area (Å²) in [5.41, 5.74) is -0.625. The van der Waals surface area contributed by atoms with Crippen molar-refractivity contribution in [1.29, 1.82) is 0 Å². The molecule has 2 aliphatic heterocycles. The van der Waals surface area contributed by atoms with E-state index >= 15 is 0 Å². The highest BCUT2D eigenvalue weighted by atomic mass is 16.7. The fourth-order valence-electron chi connectivity index (χ4n) is 4.28. The predicted molar refractivity (Wildman–Crippen MR) is 107 cm³/mol. The Balaban J connectivity index is 1.63. The average Bonchev–Trinajstić information content (AvgIpc) is 3.05. The Morgan fingerprint density at radius 1 is 0.846 bits per heavy atom. The highest BCUT2D eigenvalue weighted by Crippen LogP contribution is 2.50. The van der Waals surface area contributed by atoms with Gasteiger partial charge in [-0.1, -0.05) is 47.5 Å². The molecule has 3 aliphatic rings. The van der Waals surface area contributed by atoms with Gasteiger partial charge in [-0.05, 0) is 51.8 Å². The van der Waals surface area contributed by atoms with Crippen molar-refractivity contribution >= 4 is 14.2 Å². The summed E-state index contributed by atoms with van der Waals surface area (Å²) in [6, 6.07) is 0. The van der Waals surface area contributed by atoms with Gasteiger partial charge in [0, 0.05) is 5.31 Å². The topological polar surface area (TPSA) is 36.9 Å². The zero-order valence-corrected chi connectivity index (χ0v) is 18.2. The second kappa shape index (κ2) is 6.79. The van der Waals surface area contributed by atoms with Gasteiger partial charge in [0.15, 0.2) is 0 Å². The summed E-state index contributed by atoms with van der Waals surface area (Å²) >= 11 is 0. The molecule has 2 saturated heterocycles. The minimum Gasteiger partial charge on any atom is -0.405 e. The van der Waals surface area contributed by atoms with Gasteiger partial charge in [0.25, 0.3) is 0 Å². The van der Waals surface area contributed by atoms with E-state index in [0.29, 0.717) is 12.2 Å². The maximum Gasteiger partial charge on any atom is 0.463 e. The molecule has 26 heavy (non-hydrogen) atoms. The van der Waals surface area contributed by atoms with Crippen LogP contribution in [-0.4, -0.2) is 37.6 Å². The van der Waals surface area contributed by atoms with E-state index in [2.05, 4.69) is 55.4 Å². The molecule has 3 fully saturated rings. The van der Waals surface area contributed by atoms with Crippen LogP contribution in [0.1, 0.15) is 93.9 Å². The smallest absolute Gasteiger partial charge is 0.405 e. The van der Waals surface area contributed by atoms with Crippen LogP contribution in [0.5, 0.6) is 0 Å². The van der Waals surface area contributed by atoms with Crippen molar-refractivity contribution in [3.63, 3.8) is 0 Å². The molecule has 6 heteroatoms. The molecule has 0 spiro atoms. The van der Waals surface area contributed by atoms with Gasteiger partial charge >= 0.3 is 14.2 Å². The number of hydrogen-bond acceptors (Lipinski definition) is 4. The third-order valence-corrected chi connectivity index (χ3v) is 6.87. The van der Waals surface area contributed by atoms with Crippen LogP contribution in [0.3, 0.4) is 0 Å². The lowest BCUT2D eigenvalue weighted by Gasteiger charge is -2.39. The van der Waals surface area contributed by atoms with E-state index in [1.807, 2.05) is 0 Å². The molecule has 3 rings (SSSR count). The molecule has 0 bridgehead atoms. The van der Waals surface area contributed by atoms with E-state index in [4.69, 9.17) is 18.6 Å². The molecule has 0 aromatic carbocycles. The first kappa shape index (κ1) is 20.7. The summed E-state index contributed by atoms with van der Waals surface area (Å²) in [7, 11) is -0.282. The lowest BCUT2D eigenvalue weighted by Crippen LogP contribution is -2.46. The summed E-state index contributed by atoms with van der Waals surface area (Å²) in [4.78, 5) is 0. The molecule has 148 valence electrons. The Labute approximate surface area is 161 Å². The van der Waals surface area contributed by atoms with Gasteiger partial charge in [-0.3, -0.25) is 0 Å². The van der Waals surface area contributed by atoms with E-state index in [0.717, 1.165) is 25.7 Å². The molecule has 0 aromatic heterocycles. The lowest BCUT2D eigenvalue weighted by molar-refractivity contribution is -0.0192. The summed E-state index contributed by atoms with van der Waals surface area (Å²) in [5.74, 6) is 0. The van der Waals surface area contributed by atoms with Crippen molar-refractivity contribution in [3.8, 4) is 0 Å². The first-order valence-corrected chi connectivity index (χ1v) is 10.5. The van der Waals surface area contributed by atoms with E-state index < -0.39 is 0 Å². The summed E-state index contributed by atoms with van der Waals surface area (Å²) in [6.07, 6.45) is 7.34. The third kappa shape index (κ3) is 3.90. The second-order valence-electron chi connectivity index (χ2n) is 11.1. The fourth-order valence-corrected chi connectivity index (χ4v) is 4.28. The number of rotatable bonds is 4. The first-order chi connectivity index (χ1) is 11.8. The molecule has 3 atom stereocenters. The molecule has 1 saturated carbocycles. The number of fused-ring (bicyclic) bond motifs is 1. The zero-order valence-electron chi connectivity index (χ0n) is 18.2. The lowest BCUT2D eigenvalue weighted by atomic mass is 9.56. The normalized spacial score (nSPS) is 35.1. The van der Waals surface area contributed by atoms with Crippen molar-refractivity contribution in [3.05, 3.63) is 0 Å². The van der Waals surface area contributed by atoms with E-state index in [1.54, 1.807) is 0 Å². The molecule has 2 heterocycles. The molecule has 0 radical (unpaired) electrons. The fraction of sp³-hybridized carbons (Fsp3) is 1.00. The van der Waals surface area contributed by atoms with Crippen molar-refractivity contribution in [2.24, 2.45) is 0 Å². The summed E-state index contributed by atoms with van der Waals surface area (Å²) < 4.78 is 25.4. The summed E-state index contributed by atoms with van der Waals surface area (Å²) in [5, 5.41) is -0.0719. The Bertz CT molecular complexity index is 502. The first-order valence-electron chi connectivity index (χ1n) is 10.5. The van der Waals surface area contributed by atoms with Gasteiger partial charge in [0.2, 0.25) is 0 Å².